The van der Waals surface area contributed by atoms with Gasteiger partial charge < -0.3 is 20.1 Å². The molecule has 1 aromatic heterocycles. The van der Waals surface area contributed by atoms with Crippen LogP contribution in [-0.4, -0.2) is 43.1 Å². The molecule has 0 aliphatic rings. The van der Waals surface area contributed by atoms with Crippen LogP contribution in [0.4, 0.5) is 8.78 Å². The minimum atomic E-state index is -2.96. The van der Waals surface area contributed by atoms with Crippen LogP contribution in [0.15, 0.2) is 23.6 Å². The molecule has 6 nitrogen and oxygen atoms in total. The summed E-state index contributed by atoms with van der Waals surface area (Å²) in [7, 11) is 2.98. The van der Waals surface area contributed by atoms with E-state index < -0.39 is 6.61 Å². The molecule has 2 rings (SSSR count). The lowest BCUT2D eigenvalue weighted by Gasteiger charge is -2.17. The van der Waals surface area contributed by atoms with Gasteiger partial charge in [0.1, 0.15) is 5.69 Å². The van der Waals surface area contributed by atoms with Crippen LogP contribution in [0.5, 0.6) is 11.5 Å². The molecule has 25 heavy (non-hydrogen) atoms. The number of methoxy groups -OCH3 is 1. The van der Waals surface area contributed by atoms with Crippen molar-refractivity contribution in [3.05, 3.63) is 39.8 Å². The smallest absolute Gasteiger partial charge is 0.387 e. The third kappa shape index (κ3) is 5.10. The fourth-order valence-electron chi connectivity index (χ4n) is 2.20. The number of benzene rings is 1. The van der Waals surface area contributed by atoms with Crippen molar-refractivity contribution in [2.45, 2.75) is 19.6 Å². The Bertz CT molecular complexity index is 724. The van der Waals surface area contributed by atoms with Crippen LogP contribution in [0.1, 0.15) is 21.1 Å². The van der Waals surface area contributed by atoms with Gasteiger partial charge in [-0.05, 0) is 24.2 Å². The van der Waals surface area contributed by atoms with Gasteiger partial charge in [-0.1, -0.05) is 6.07 Å². The van der Waals surface area contributed by atoms with Crippen LogP contribution in [-0.2, 0) is 13.0 Å². The summed E-state index contributed by atoms with van der Waals surface area (Å²) in [4.78, 5) is 18.1. The second-order valence-electron chi connectivity index (χ2n) is 5.19. The zero-order valence-electron chi connectivity index (χ0n) is 13.9. The third-order valence-electron chi connectivity index (χ3n) is 3.34. The monoisotopic (exact) mass is 371 g/mol. The van der Waals surface area contributed by atoms with Gasteiger partial charge in [-0.15, -0.1) is 11.3 Å². The predicted molar refractivity (Wildman–Crippen MR) is 90.3 cm³/mol. The normalized spacial score (nSPS) is 10.8. The number of nitrogens with zero attached hydrogens (tertiary/aromatic N) is 2. The first kappa shape index (κ1) is 19.1. The van der Waals surface area contributed by atoms with Crippen LogP contribution < -0.4 is 15.2 Å². The summed E-state index contributed by atoms with van der Waals surface area (Å²) in [5.41, 5.74) is 6.45. The highest BCUT2D eigenvalue weighted by molar-refractivity contribution is 7.09. The molecule has 2 N–H and O–H groups in total. The fraction of sp³-hybridized carbons (Fsp3) is 0.375. The lowest BCUT2D eigenvalue weighted by atomic mass is 10.2. The highest BCUT2D eigenvalue weighted by Gasteiger charge is 2.17. The molecule has 0 saturated heterocycles. The molecular formula is C16H19F2N3O3S. The van der Waals surface area contributed by atoms with Gasteiger partial charge in [0.05, 0.1) is 12.1 Å². The number of carbonyl (C=O) groups excluding carboxylic acids is 1. The molecule has 0 aliphatic carbocycles. The first-order chi connectivity index (χ1) is 11.9. The van der Waals surface area contributed by atoms with Crippen molar-refractivity contribution >= 4 is 17.2 Å². The molecule has 0 spiro atoms. The summed E-state index contributed by atoms with van der Waals surface area (Å²) in [5, 5.41) is 2.49. The van der Waals surface area contributed by atoms with Crippen molar-refractivity contribution in [1.29, 1.82) is 0 Å². The fourth-order valence-corrected chi connectivity index (χ4v) is 2.98. The first-order valence-electron chi connectivity index (χ1n) is 7.46. The van der Waals surface area contributed by atoms with Crippen molar-refractivity contribution in [3.8, 4) is 11.5 Å². The molecular weight excluding hydrogens is 352 g/mol. The second-order valence-corrected chi connectivity index (χ2v) is 6.13. The van der Waals surface area contributed by atoms with E-state index in [9.17, 15) is 13.6 Å². The number of carbonyl (C=O) groups is 1. The zero-order valence-corrected chi connectivity index (χ0v) is 14.7. The topological polar surface area (TPSA) is 77.7 Å². The molecule has 1 aromatic carbocycles. The molecule has 0 aliphatic heterocycles. The van der Waals surface area contributed by atoms with Crippen LogP contribution in [0.2, 0.25) is 0 Å². The van der Waals surface area contributed by atoms with Crippen molar-refractivity contribution in [2.75, 3.05) is 20.7 Å². The van der Waals surface area contributed by atoms with Crippen LogP contribution in [0.25, 0.3) is 0 Å². The Morgan fingerprint density at radius 3 is 2.80 bits per heavy atom. The highest BCUT2D eigenvalue weighted by atomic mass is 32.1. The van der Waals surface area contributed by atoms with E-state index in [0.29, 0.717) is 24.2 Å². The SMILES string of the molecule is COc1ccc(CN(C)C(=O)c2csc(CCN)n2)cc1OC(F)F. The number of ether oxygens (including phenoxy) is 2. The quantitative estimate of drug-likeness (QED) is 0.772. The molecule has 136 valence electrons. The Kier molecular flexibility index (Phi) is 6.65. The molecule has 0 radical (unpaired) electrons. The number of nitrogens with two attached hydrogens (primary N) is 1. The Morgan fingerprint density at radius 1 is 1.40 bits per heavy atom. The number of halogens is 2. The van der Waals surface area contributed by atoms with Crippen molar-refractivity contribution in [2.24, 2.45) is 5.73 Å². The number of aromatic nitrogens is 1. The minimum Gasteiger partial charge on any atom is -0.493 e. The van der Waals surface area contributed by atoms with Gasteiger partial charge in [-0.2, -0.15) is 8.78 Å². The van der Waals surface area contributed by atoms with Crippen molar-refractivity contribution < 1.29 is 23.0 Å². The average molecular weight is 371 g/mol. The standard InChI is InChI=1S/C16H19F2N3O3S/c1-21(15(22)11-9-25-14(20-11)5-6-19)8-10-3-4-12(23-2)13(7-10)24-16(17)18/h3-4,7,9,16H,5-6,8,19H2,1-2H3. The van der Waals surface area contributed by atoms with Gasteiger partial charge >= 0.3 is 6.61 Å². The van der Waals surface area contributed by atoms with E-state index in [0.717, 1.165) is 5.01 Å². The lowest BCUT2D eigenvalue weighted by Crippen LogP contribution is -2.26. The van der Waals surface area contributed by atoms with E-state index in [1.54, 1.807) is 18.5 Å². The molecule has 1 heterocycles. The number of rotatable bonds is 8. The number of hydrogen-bond donors (Lipinski definition) is 1. The maximum Gasteiger partial charge on any atom is 0.387 e. The van der Waals surface area contributed by atoms with Crippen LogP contribution in [0, 0.1) is 0 Å². The predicted octanol–water partition coefficient (Wildman–Crippen LogP) is 2.53. The van der Waals surface area contributed by atoms with E-state index in [2.05, 4.69) is 9.72 Å². The summed E-state index contributed by atoms with van der Waals surface area (Å²) in [6.07, 6.45) is 0.620. The van der Waals surface area contributed by atoms with Gasteiger partial charge in [-0.25, -0.2) is 4.98 Å². The van der Waals surface area contributed by atoms with Crippen LogP contribution >= 0.6 is 11.3 Å². The Balaban J connectivity index is 2.10. The van der Waals surface area contributed by atoms with Crippen LogP contribution in [0.3, 0.4) is 0 Å². The molecule has 0 bridgehead atoms. The second kappa shape index (κ2) is 8.72. The highest BCUT2D eigenvalue weighted by Crippen LogP contribution is 2.30. The van der Waals surface area contributed by atoms with Crippen molar-refractivity contribution in [1.82, 2.24) is 9.88 Å². The summed E-state index contributed by atoms with van der Waals surface area (Å²) < 4.78 is 34.4. The zero-order chi connectivity index (χ0) is 18.4. The summed E-state index contributed by atoms with van der Waals surface area (Å²) in [5.74, 6) is -0.134. The summed E-state index contributed by atoms with van der Waals surface area (Å²) in [6, 6.07) is 4.63. The number of hydrogen-bond acceptors (Lipinski definition) is 6. The molecule has 0 atom stereocenters. The number of alkyl halides is 2. The molecule has 0 saturated carbocycles. The van der Waals surface area contributed by atoms with Gasteiger partial charge in [0.25, 0.3) is 5.91 Å². The van der Waals surface area contributed by atoms with Crippen molar-refractivity contribution in [3.63, 3.8) is 0 Å². The molecule has 2 aromatic rings. The van der Waals surface area contributed by atoms with Gasteiger partial charge in [-0.3, -0.25) is 4.79 Å². The van der Waals surface area contributed by atoms with E-state index in [-0.39, 0.29) is 24.0 Å². The van der Waals surface area contributed by atoms with Gasteiger partial charge in [0.2, 0.25) is 0 Å². The van der Waals surface area contributed by atoms with Gasteiger partial charge in [0, 0.05) is 25.4 Å². The minimum absolute atomic E-state index is 0.0743. The lowest BCUT2D eigenvalue weighted by molar-refractivity contribution is -0.0512. The third-order valence-corrected chi connectivity index (χ3v) is 4.25. The molecule has 1 amide bonds. The molecule has 9 heteroatoms. The summed E-state index contributed by atoms with van der Waals surface area (Å²) in [6.45, 7) is -2.28. The molecule has 0 unspecified atom stereocenters. The Labute approximate surface area is 148 Å². The number of thiazole rings is 1. The largest absolute Gasteiger partial charge is 0.493 e. The summed E-state index contributed by atoms with van der Waals surface area (Å²) >= 11 is 1.38. The Hall–Kier alpha value is -2.26. The van der Waals surface area contributed by atoms with E-state index >= 15 is 0 Å². The van der Waals surface area contributed by atoms with E-state index in [1.165, 1.54) is 35.5 Å². The first-order valence-corrected chi connectivity index (χ1v) is 8.34. The molecule has 0 fully saturated rings. The maximum atomic E-state index is 12.5. The number of amides is 1. The van der Waals surface area contributed by atoms with E-state index in [4.69, 9.17) is 10.5 Å². The van der Waals surface area contributed by atoms with E-state index in [1.807, 2.05) is 0 Å². The van der Waals surface area contributed by atoms with Gasteiger partial charge in [0.15, 0.2) is 11.5 Å². The maximum absolute atomic E-state index is 12.5. The average Bonchev–Trinajstić information content (AvgIpc) is 3.03. The Morgan fingerprint density at radius 2 is 2.16 bits per heavy atom.